The second kappa shape index (κ2) is 10.5. The third-order valence-corrected chi connectivity index (χ3v) is 6.67. The molecule has 0 spiro atoms. The Labute approximate surface area is 240 Å². The quantitative estimate of drug-likeness (QED) is 0.265. The predicted molar refractivity (Wildman–Crippen MR) is 141 cm³/mol. The SMILES string of the molecule is NC(=O)c1cc2cc(Br)ccc2c(Cl)c1NC(=O)c1cc(Cn2nnc(C(F)(F)F)n2)nn1-c1ncccc1Cl. The van der Waals surface area contributed by atoms with Crippen LogP contribution in [0.5, 0.6) is 0 Å². The van der Waals surface area contributed by atoms with Crippen molar-refractivity contribution >= 4 is 67.4 Å². The molecule has 0 radical (unpaired) electrons. The van der Waals surface area contributed by atoms with Gasteiger partial charge in [0.15, 0.2) is 5.82 Å². The molecule has 204 valence electrons. The number of fused-ring (bicyclic) bond motifs is 1. The summed E-state index contributed by atoms with van der Waals surface area (Å²) in [6.07, 6.45) is -3.39. The van der Waals surface area contributed by atoms with Crippen molar-refractivity contribution < 1.29 is 22.8 Å². The van der Waals surface area contributed by atoms with Crippen molar-refractivity contribution in [2.24, 2.45) is 5.73 Å². The minimum absolute atomic E-state index is 0.0488. The first kappa shape index (κ1) is 27.5. The zero-order chi connectivity index (χ0) is 28.8. The third-order valence-electron chi connectivity index (χ3n) is 5.48. The van der Waals surface area contributed by atoms with Crippen LogP contribution < -0.4 is 11.1 Å². The van der Waals surface area contributed by atoms with E-state index in [1.54, 1.807) is 24.3 Å². The number of primary amides is 1. The normalized spacial score (nSPS) is 11.7. The number of pyridine rings is 1. The number of anilines is 1. The van der Waals surface area contributed by atoms with Crippen molar-refractivity contribution in [3.05, 3.63) is 86.0 Å². The van der Waals surface area contributed by atoms with Gasteiger partial charge in [-0.15, -0.1) is 10.2 Å². The molecule has 2 amide bonds. The Balaban J connectivity index is 1.58. The predicted octanol–water partition coefficient (Wildman–Crippen LogP) is 4.89. The van der Waals surface area contributed by atoms with Gasteiger partial charge in [0.2, 0.25) is 0 Å². The molecule has 0 bridgehead atoms. The summed E-state index contributed by atoms with van der Waals surface area (Å²) in [5.41, 5.74) is 5.40. The molecule has 11 nitrogen and oxygen atoms in total. The Morgan fingerprint density at radius 2 is 1.88 bits per heavy atom. The number of carbonyl (C=O) groups excluding carboxylic acids is 2. The largest absolute Gasteiger partial charge is 0.455 e. The highest BCUT2D eigenvalue weighted by atomic mass is 79.9. The zero-order valence-corrected chi connectivity index (χ0v) is 22.7. The summed E-state index contributed by atoms with van der Waals surface area (Å²) in [5, 5.41) is 17.9. The van der Waals surface area contributed by atoms with Crippen LogP contribution in [0.3, 0.4) is 0 Å². The fraction of sp³-hybridized carbons (Fsp3) is 0.0870. The highest BCUT2D eigenvalue weighted by Crippen LogP contribution is 2.36. The van der Waals surface area contributed by atoms with E-state index in [0.717, 1.165) is 9.15 Å². The van der Waals surface area contributed by atoms with E-state index in [1.807, 2.05) is 0 Å². The lowest BCUT2D eigenvalue weighted by Gasteiger charge is -2.14. The first-order chi connectivity index (χ1) is 18.9. The molecule has 3 aromatic heterocycles. The van der Waals surface area contributed by atoms with E-state index in [4.69, 9.17) is 28.9 Å². The van der Waals surface area contributed by atoms with E-state index in [0.29, 0.717) is 15.6 Å². The highest BCUT2D eigenvalue weighted by molar-refractivity contribution is 9.10. The second-order valence-corrected chi connectivity index (χ2v) is 9.88. The van der Waals surface area contributed by atoms with Gasteiger partial charge < -0.3 is 11.1 Å². The summed E-state index contributed by atoms with van der Waals surface area (Å²) in [6.45, 7) is -0.376. The second-order valence-electron chi connectivity index (χ2n) is 8.18. The fourth-order valence-corrected chi connectivity index (χ4v) is 4.66. The fourth-order valence-electron chi connectivity index (χ4n) is 3.76. The Bertz CT molecular complexity index is 1810. The first-order valence-electron chi connectivity index (χ1n) is 11.0. The van der Waals surface area contributed by atoms with E-state index in [2.05, 4.69) is 46.7 Å². The topological polar surface area (TPSA) is 146 Å². The molecule has 0 aliphatic rings. The van der Waals surface area contributed by atoms with Crippen molar-refractivity contribution in [3.8, 4) is 5.82 Å². The van der Waals surface area contributed by atoms with Gasteiger partial charge >= 0.3 is 6.18 Å². The number of alkyl halides is 3. The Morgan fingerprint density at radius 1 is 1.10 bits per heavy atom. The van der Waals surface area contributed by atoms with Crippen molar-refractivity contribution in [3.63, 3.8) is 0 Å². The van der Waals surface area contributed by atoms with Gasteiger partial charge in [-0.1, -0.05) is 45.2 Å². The lowest BCUT2D eigenvalue weighted by Crippen LogP contribution is -2.21. The standard InChI is InChI=1S/C23H13BrCl2F3N9O2/c24-11-3-4-13-10(6-11)7-14(19(30)39)18(17(13)26)32-21(40)16-8-12(9-37-35-22(33-36-37)23(27,28)29)34-38(16)20-15(25)2-1-5-31-20/h1-8H,9H2,(H2,30,39)(H,32,40). The minimum Gasteiger partial charge on any atom is -0.366 e. The molecule has 0 saturated heterocycles. The van der Waals surface area contributed by atoms with Crippen LogP contribution in [0, 0.1) is 0 Å². The lowest BCUT2D eigenvalue weighted by atomic mass is 10.0. The molecule has 0 saturated carbocycles. The van der Waals surface area contributed by atoms with Crippen LogP contribution in [0.2, 0.25) is 10.0 Å². The van der Waals surface area contributed by atoms with E-state index < -0.39 is 23.8 Å². The van der Waals surface area contributed by atoms with Crippen molar-refractivity contribution in [1.29, 1.82) is 0 Å². The summed E-state index contributed by atoms with van der Waals surface area (Å²) in [6, 6.07) is 11.0. The van der Waals surface area contributed by atoms with E-state index in [9.17, 15) is 22.8 Å². The molecule has 0 atom stereocenters. The van der Waals surface area contributed by atoms with Gasteiger partial charge in [-0.05, 0) is 47.0 Å². The van der Waals surface area contributed by atoms with Gasteiger partial charge in [0, 0.05) is 16.1 Å². The molecule has 5 aromatic rings. The van der Waals surface area contributed by atoms with Crippen LogP contribution >= 0.6 is 39.1 Å². The first-order valence-corrected chi connectivity index (χ1v) is 12.5. The molecule has 0 fully saturated rings. The van der Waals surface area contributed by atoms with Gasteiger partial charge in [0.1, 0.15) is 12.2 Å². The zero-order valence-electron chi connectivity index (χ0n) is 19.6. The van der Waals surface area contributed by atoms with Gasteiger partial charge in [-0.3, -0.25) is 9.59 Å². The molecule has 5 rings (SSSR count). The van der Waals surface area contributed by atoms with Gasteiger partial charge in [-0.25, -0.2) is 9.67 Å². The maximum atomic E-state index is 13.6. The average Bonchev–Trinajstić information content (AvgIpc) is 3.53. The summed E-state index contributed by atoms with van der Waals surface area (Å²) in [5.74, 6) is -3.04. The number of nitrogens with two attached hydrogens (primary N) is 1. The van der Waals surface area contributed by atoms with Crippen molar-refractivity contribution in [1.82, 2.24) is 35.0 Å². The molecule has 0 unspecified atom stereocenters. The number of hydrogen-bond donors (Lipinski definition) is 2. The molecule has 3 heterocycles. The number of tetrazole rings is 1. The summed E-state index contributed by atoms with van der Waals surface area (Å²) >= 11 is 16.2. The molecule has 3 N–H and O–H groups in total. The summed E-state index contributed by atoms with van der Waals surface area (Å²) in [7, 11) is 0. The smallest absolute Gasteiger partial charge is 0.366 e. The molecule has 40 heavy (non-hydrogen) atoms. The van der Waals surface area contributed by atoms with Crippen LogP contribution in [0.4, 0.5) is 18.9 Å². The summed E-state index contributed by atoms with van der Waals surface area (Å²) in [4.78, 5) is 30.7. The van der Waals surface area contributed by atoms with E-state index in [1.165, 1.54) is 24.4 Å². The molecular weight excluding hydrogens is 642 g/mol. The Hall–Kier alpha value is -4.08. The molecule has 0 aliphatic heterocycles. The number of benzene rings is 2. The monoisotopic (exact) mass is 653 g/mol. The van der Waals surface area contributed by atoms with E-state index >= 15 is 0 Å². The number of carbonyl (C=O) groups is 2. The van der Waals surface area contributed by atoms with Crippen LogP contribution in [-0.4, -0.2) is 46.8 Å². The number of hydrogen-bond acceptors (Lipinski definition) is 7. The number of amides is 2. The van der Waals surface area contributed by atoms with Gasteiger partial charge in [0.05, 0.1) is 27.0 Å². The third kappa shape index (κ3) is 5.35. The molecule has 2 aromatic carbocycles. The lowest BCUT2D eigenvalue weighted by molar-refractivity contribution is -0.145. The Kier molecular flexibility index (Phi) is 7.20. The van der Waals surface area contributed by atoms with Crippen LogP contribution in [0.1, 0.15) is 32.4 Å². The number of rotatable bonds is 6. The van der Waals surface area contributed by atoms with Crippen molar-refractivity contribution in [2.45, 2.75) is 12.7 Å². The number of aromatic nitrogens is 7. The minimum atomic E-state index is -4.79. The maximum absolute atomic E-state index is 13.6. The molecule has 17 heteroatoms. The average molecular weight is 655 g/mol. The van der Waals surface area contributed by atoms with Crippen LogP contribution in [0.25, 0.3) is 16.6 Å². The maximum Gasteiger partial charge on any atom is 0.455 e. The van der Waals surface area contributed by atoms with E-state index in [-0.39, 0.29) is 45.0 Å². The number of nitrogens with one attached hydrogen (secondary N) is 1. The van der Waals surface area contributed by atoms with Crippen LogP contribution in [-0.2, 0) is 12.7 Å². The van der Waals surface area contributed by atoms with Gasteiger partial charge in [-0.2, -0.15) is 23.1 Å². The van der Waals surface area contributed by atoms with Crippen LogP contribution in [0.15, 0.2) is 53.1 Å². The van der Waals surface area contributed by atoms with Crippen molar-refractivity contribution in [2.75, 3.05) is 5.32 Å². The number of nitrogens with zero attached hydrogens (tertiary/aromatic N) is 7. The number of halogens is 6. The molecule has 0 aliphatic carbocycles. The van der Waals surface area contributed by atoms with Gasteiger partial charge in [0.25, 0.3) is 17.6 Å². The summed E-state index contributed by atoms with van der Waals surface area (Å²) < 4.78 is 40.5. The molecular formula is C23H13BrCl2F3N9O2. The highest BCUT2D eigenvalue weighted by Gasteiger charge is 2.37. The Morgan fingerprint density at radius 3 is 2.55 bits per heavy atom.